The molecule has 5 saturated heterocycles. The van der Waals surface area contributed by atoms with E-state index in [0.717, 1.165) is 18.4 Å². The van der Waals surface area contributed by atoms with Gasteiger partial charge in [0.2, 0.25) is 0 Å². The highest BCUT2D eigenvalue weighted by Gasteiger charge is 2.71. The topological polar surface area (TPSA) is 463 Å². The quantitative estimate of drug-likeness (QED) is 0.0294. The van der Waals surface area contributed by atoms with Gasteiger partial charge in [-0.25, -0.2) is 4.79 Å². The van der Waals surface area contributed by atoms with Crippen molar-refractivity contribution in [1.29, 1.82) is 0 Å². The van der Waals surface area contributed by atoms with E-state index in [1.807, 2.05) is 13.8 Å². The third kappa shape index (κ3) is 12.8. The first kappa shape index (κ1) is 74.6. The van der Waals surface area contributed by atoms with Crippen LogP contribution in [0.3, 0.4) is 0 Å². The second-order valence-electron chi connectivity index (χ2n) is 30.7. The van der Waals surface area contributed by atoms with Crippen LogP contribution in [0.25, 0.3) is 0 Å². The van der Waals surface area contributed by atoms with Crippen molar-refractivity contribution in [3.05, 3.63) is 23.3 Å². The van der Waals surface area contributed by atoms with Crippen molar-refractivity contribution in [2.24, 2.45) is 50.2 Å². The van der Waals surface area contributed by atoms with Gasteiger partial charge in [0.05, 0.1) is 57.5 Å². The monoisotopic (exact) mass is 1350 g/mol. The van der Waals surface area contributed by atoms with Crippen LogP contribution >= 0.6 is 0 Å². The Bertz CT molecular complexity index is 2660. The van der Waals surface area contributed by atoms with Gasteiger partial charge in [-0.2, -0.15) is 0 Å². The van der Waals surface area contributed by atoms with Gasteiger partial charge in [-0.1, -0.05) is 66.2 Å². The average Bonchev–Trinajstić information content (AvgIpc) is 0.675. The van der Waals surface area contributed by atoms with Crippen molar-refractivity contribution in [1.82, 2.24) is 0 Å². The molecule has 0 aromatic carbocycles. The molecule has 29 nitrogen and oxygen atoms in total. The number of aliphatic hydroxyl groups is 17. The molecule has 9 fully saturated rings. The fourth-order valence-corrected chi connectivity index (χ4v) is 18.4. The van der Waals surface area contributed by atoms with Gasteiger partial charge in [-0.3, -0.25) is 0 Å². The second-order valence-corrected chi connectivity index (χ2v) is 30.7. The molecule has 0 bridgehead atoms. The van der Waals surface area contributed by atoms with Crippen molar-refractivity contribution in [2.45, 2.75) is 292 Å². The molecule has 10 aliphatic rings. The van der Waals surface area contributed by atoms with Gasteiger partial charge >= 0.3 is 5.97 Å². The largest absolute Gasteiger partial charge is 0.453 e. The molecule has 540 valence electrons. The van der Waals surface area contributed by atoms with E-state index >= 15 is 0 Å². The number of allylic oxidation sites excluding steroid dienone is 3. The zero-order valence-corrected chi connectivity index (χ0v) is 55.2. The third-order valence-corrected chi connectivity index (χ3v) is 24.8. The molecule has 5 aliphatic carbocycles. The molecular formula is C65H106O29. The molecule has 0 radical (unpaired) electrons. The minimum atomic E-state index is -1.92. The van der Waals surface area contributed by atoms with Gasteiger partial charge in [0.25, 0.3) is 0 Å². The summed E-state index contributed by atoms with van der Waals surface area (Å²) in [6.07, 6.45) is -35.6. The van der Waals surface area contributed by atoms with Crippen molar-refractivity contribution in [3.8, 4) is 0 Å². The molecule has 0 aromatic rings. The molecule has 29 heteroatoms. The molecule has 5 aliphatic heterocycles. The summed E-state index contributed by atoms with van der Waals surface area (Å²) < 4.78 is 66.6. The molecule has 94 heavy (non-hydrogen) atoms. The van der Waals surface area contributed by atoms with Gasteiger partial charge in [-0.15, -0.1) is 0 Å². The normalized spacial score (nSPS) is 52.7. The maximum Gasteiger partial charge on any atom is 0.333 e. The lowest BCUT2D eigenvalue weighted by molar-refractivity contribution is -0.374. The minimum absolute atomic E-state index is 0.0299. The van der Waals surface area contributed by atoms with Crippen LogP contribution in [0, 0.1) is 50.2 Å². The Morgan fingerprint density at radius 1 is 0.543 bits per heavy atom. The molecule has 35 atom stereocenters. The van der Waals surface area contributed by atoms with Crippen molar-refractivity contribution in [2.75, 3.05) is 33.0 Å². The van der Waals surface area contributed by atoms with E-state index in [-0.39, 0.29) is 34.8 Å². The van der Waals surface area contributed by atoms with Crippen LogP contribution < -0.4 is 0 Å². The summed E-state index contributed by atoms with van der Waals surface area (Å²) in [7, 11) is 0. The van der Waals surface area contributed by atoms with Crippen LogP contribution in [0.5, 0.6) is 0 Å². The van der Waals surface area contributed by atoms with E-state index < -0.39 is 232 Å². The summed E-state index contributed by atoms with van der Waals surface area (Å²) in [6.45, 7) is 16.7. The highest BCUT2D eigenvalue weighted by atomic mass is 16.8. The lowest BCUT2D eigenvalue weighted by Gasteiger charge is -2.72. The molecule has 0 amide bonds. The summed E-state index contributed by atoms with van der Waals surface area (Å²) in [5.41, 5.74) is -2.50. The number of esters is 1. The number of rotatable bonds is 17. The Hall–Kier alpha value is -2.13. The Balaban J connectivity index is 0.900. The first-order chi connectivity index (χ1) is 44.0. The lowest BCUT2D eigenvalue weighted by Crippen LogP contribution is -2.69. The first-order valence-corrected chi connectivity index (χ1v) is 33.4. The summed E-state index contributed by atoms with van der Waals surface area (Å²) in [5.74, 6) is -1.11. The van der Waals surface area contributed by atoms with Gasteiger partial charge in [0.1, 0.15) is 110 Å². The van der Waals surface area contributed by atoms with Crippen molar-refractivity contribution < 1.29 is 144 Å². The molecule has 14 unspecified atom stereocenters. The number of ether oxygens (including phenoxy) is 11. The van der Waals surface area contributed by atoms with Crippen molar-refractivity contribution in [3.63, 3.8) is 0 Å². The van der Waals surface area contributed by atoms with Crippen LogP contribution in [-0.2, 0) is 56.9 Å². The number of fused-ring (bicyclic) bond motifs is 7. The SMILES string of the molecule is C/C=C(\C)C(=O)OC1[C@H](O)C(CO[C@@H]2OC(CO)[C@@H](O)C(O)[C@@H]2O)O[C@@H](O[C@H]2CC[C@@]3(C)C(CC[C@]4(C)C3CC=C3C5CC(C)(C)[C@@H](O)[C@H](O)[C@]5(CO[C@@H]5OC(COC6OC(CO)[C@@H](O)[C@@H](O)C6O)[C@@H](O)C(O)[C@@H]5O[C@@H]5OC(C)[C@H](O)C(O)[C@@H]5O)CC[C@]34C)C2(C)C)[C@H]1O. The zero-order chi connectivity index (χ0) is 69.0. The van der Waals surface area contributed by atoms with E-state index in [2.05, 4.69) is 40.7 Å². The molecular weight excluding hydrogens is 1240 g/mol. The molecule has 4 saturated carbocycles. The number of hydrogen-bond donors (Lipinski definition) is 17. The van der Waals surface area contributed by atoms with Crippen LogP contribution in [0.2, 0.25) is 0 Å². The Labute approximate surface area is 547 Å². The minimum Gasteiger partial charge on any atom is -0.453 e. The Morgan fingerprint density at radius 3 is 1.66 bits per heavy atom. The van der Waals surface area contributed by atoms with E-state index in [0.29, 0.717) is 38.5 Å². The highest BCUT2D eigenvalue weighted by Crippen LogP contribution is 2.76. The van der Waals surface area contributed by atoms with E-state index in [9.17, 15) is 91.6 Å². The Kier molecular flexibility index (Phi) is 22.2. The van der Waals surface area contributed by atoms with Gasteiger partial charge in [-0.05, 0) is 117 Å². The van der Waals surface area contributed by atoms with Crippen LogP contribution in [0.15, 0.2) is 23.3 Å². The smallest absolute Gasteiger partial charge is 0.333 e. The fraction of sp³-hybridized carbons (Fsp3) is 0.923. The van der Waals surface area contributed by atoms with Gasteiger partial charge in [0, 0.05) is 11.0 Å². The van der Waals surface area contributed by atoms with Crippen LogP contribution in [0.1, 0.15) is 121 Å². The summed E-state index contributed by atoms with van der Waals surface area (Å²) in [4.78, 5) is 13.3. The summed E-state index contributed by atoms with van der Waals surface area (Å²) in [6, 6.07) is 0. The fourth-order valence-electron chi connectivity index (χ4n) is 18.4. The predicted octanol–water partition coefficient (Wildman–Crippen LogP) is -3.25. The average molecular weight is 1350 g/mol. The van der Waals surface area contributed by atoms with E-state index in [1.54, 1.807) is 6.92 Å². The molecule has 5 heterocycles. The van der Waals surface area contributed by atoms with E-state index in [1.165, 1.54) is 19.9 Å². The number of hydrogen-bond acceptors (Lipinski definition) is 29. The standard InChI is InChI=1S/C65H106O29/c1-11-26(2)54(83)93-50-41(72)33(24-85-56-47(78)44(75)39(70)31(22-67)89-56)90-58(49(50)80)92-36-15-16-62(8)34(61(36,6)7)14-17-64(10)35(62)13-12-28-29-20-60(4,5)52(81)53(82)65(29,19-18-63(28,64)9)25-86-59-51(94-57-48(79)42(73)37(68)27(3)87-57)45(76)40(71)32(91-59)23-84-55-46(77)43(74)38(69)30(21-66)88-55/h11-12,27,29-53,55-59,66-82H,13-25H2,1-10H3/b26-11+/t27?,29?,30?,31?,32?,33?,34?,35?,36-,37-,38+,39+,40+,41+,42?,43+,44?,45?,46?,47-,48-,49-,50?,51-,52-,53-,55?,56+,57-,58-,59+,62-,63+,64+,65-/m0/s1. The van der Waals surface area contributed by atoms with Crippen molar-refractivity contribution >= 4 is 5.97 Å². The third-order valence-electron chi connectivity index (χ3n) is 24.8. The Morgan fingerprint density at radius 2 is 1.07 bits per heavy atom. The maximum atomic E-state index is 13.3. The molecule has 0 spiro atoms. The van der Waals surface area contributed by atoms with E-state index in [4.69, 9.17) is 52.1 Å². The zero-order valence-electron chi connectivity index (χ0n) is 55.2. The molecule has 10 rings (SSSR count). The first-order valence-electron chi connectivity index (χ1n) is 33.4. The summed E-state index contributed by atoms with van der Waals surface area (Å²) in [5, 5.41) is 187. The van der Waals surface area contributed by atoms with Crippen LogP contribution in [-0.4, -0.2) is 298 Å². The maximum absolute atomic E-state index is 13.3. The molecule has 17 N–H and O–H groups in total. The number of carbonyl (C=O) groups is 1. The number of aliphatic hydroxyl groups excluding tert-OH is 17. The second kappa shape index (κ2) is 28.0. The predicted molar refractivity (Wildman–Crippen MR) is 320 cm³/mol. The molecule has 0 aromatic heterocycles. The van der Waals surface area contributed by atoms with Crippen LogP contribution in [0.4, 0.5) is 0 Å². The lowest BCUT2D eigenvalue weighted by atomic mass is 9.33. The number of carbonyl (C=O) groups excluding carboxylic acids is 1. The summed E-state index contributed by atoms with van der Waals surface area (Å²) >= 11 is 0. The highest BCUT2D eigenvalue weighted by molar-refractivity contribution is 5.87. The van der Waals surface area contributed by atoms with Gasteiger partial charge < -0.3 is 139 Å². The van der Waals surface area contributed by atoms with Gasteiger partial charge in [0.15, 0.2) is 37.6 Å².